The Morgan fingerprint density at radius 1 is 0.471 bits per heavy atom. The number of phosphoric acid groups is 1. The van der Waals surface area contributed by atoms with Gasteiger partial charge in [0.15, 0.2) is 6.10 Å². The molecule has 9 nitrogen and oxygen atoms in total. The highest BCUT2D eigenvalue weighted by Crippen LogP contribution is 2.43. The number of likely N-dealkylation sites (N-methyl/N-ethyl adjacent to an activating group) is 1. The summed E-state index contributed by atoms with van der Waals surface area (Å²) in [4.78, 5) is 35.5. The number of hydrogen-bond acceptors (Lipinski definition) is 7. The zero-order chi connectivity index (χ0) is 49.9. The maximum atomic E-state index is 12.8. The summed E-state index contributed by atoms with van der Waals surface area (Å²) in [5, 5.41) is 0. The molecular formula is C58H97NO8P+. The Morgan fingerprint density at radius 2 is 0.838 bits per heavy atom. The summed E-state index contributed by atoms with van der Waals surface area (Å²) in [5.74, 6) is -0.956. The molecule has 10 heteroatoms. The van der Waals surface area contributed by atoms with Crippen LogP contribution in [0.3, 0.4) is 0 Å². The van der Waals surface area contributed by atoms with E-state index >= 15 is 0 Å². The largest absolute Gasteiger partial charge is 0.472 e. The van der Waals surface area contributed by atoms with Gasteiger partial charge in [-0.05, 0) is 83.5 Å². The highest BCUT2D eigenvalue weighted by Gasteiger charge is 2.27. The van der Waals surface area contributed by atoms with Crippen LogP contribution >= 0.6 is 7.82 Å². The van der Waals surface area contributed by atoms with Crippen molar-refractivity contribution in [2.75, 3.05) is 47.5 Å². The van der Waals surface area contributed by atoms with E-state index in [1.807, 2.05) is 33.3 Å². The number of ether oxygens (including phenoxy) is 2. The van der Waals surface area contributed by atoms with Crippen molar-refractivity contribution in [3.63, 3.8) is 0 Å². The molecule has 0 bridgehead atoms. The van der Waals surface area contributed by atoms with Gasteiger partial charge in [0.2, 0.25) is 0 Å². The Labute approximate surface area is 416 Å². The molecule has 0 aliphatic rings. The van der Waals surface area contributed by atoms with E-state index in [0.717, 1.165) is 77.0 Å². The fraction of sp³-hybridized carbons (Fsp3) is 0.621. The maximum Gasteiger partial charge on any atom is 0.472 e. The van der Waals surface area contributed by atoms with Gasteiger partial charge in [-0.2, -0.15) is 0 Å². The predicted molar refractivity (Wildman–Crippen MR) is 288 cm³/mol. The zero-order valence-electron chi connectivity index (χ0n) is 43.5. The molecule has 1 N–H and O–H groups in total. The molecule has 0 fully saturated rings. The summed E-state index contributed by atoms with van der Waals surface area (Å²) in [6, 6.07) is 0. The number of nitrogens with zero attached hydrogens (tertiary/aromatic N) is 1. The average molecular weight is 967 g/mol. The first-order valence-electron chi connectivity index (χ1n) is 26.3. The van der Waals surface area contributed by atoms with Crippen LogP contribution < -0.4 is 0 Å². The zero-order valence-corrected chi connectivity index (χ0v) is 44.4. The number of carbonyl (C=O) groups is 2. The third-order valence-corrected chi connectivity index (χ3v) is 11.5. The van der Waals surface area contributed by atoms with Gasteiger partial charge in [0.1, 0.15) is 19.8 Å². The van der Waals surface area contributed by atoms with Gasteiger partial charge >= 0.3 is 19.8 Å². The minimum absolute atomic E-state index is 0.0118. The maximum absolute atomic E-state index is 12.8. The SMILES string of the molecule is CC/C=C\C/C=C\C/C=C\C/C=C\C/C=C\CCCCCCCCCCCCCCCC(=O)OC(COC(=O)C/C=C\C/C=C\C/C=C\C/C=C\C/C=C\CC)COP(=O)(O)OCC[N+](C)(C)C. The first-order valence-corrected chi connectivity index (χ1v) is 27.8. The van der Waals surface area contributed by atoms with Crippen molar-refractivity contribution in [2.45, 2.75) is 187 Å². The summed E-state index contributed by atoms with van der Waals surface area (Å²) >= 11 is 0. The van der Waals surface area contributed by atoms with Gasteiger partial charge in [-0.25, -0.2) is 4.57 Å². The molecule has 68 heavy (non-hydrogen) atoms. The lowest BCUT2D eigenvalue weighted by Gasteiger charge is -2.24. The van der Waals surface area contributed by atoms with E-state index < -0.39 is 32.5 Å². The second-order valence-electron chi connectivity index (χ2n) is 18.2. The van der Waals surface area contributed by atoms with Crippen molar-refractivity contribution < 1.29 is 42.1 Å². The van der Waals surface area contributed by atoms with E-state index in [0.29, 0.717) is 23.9 Å². The molecule has 0 amide bonds. The monoisotopic (exact) mass is 967 g/mol. The molecule has 0 rings (SSSR count). The predicted octanol–water partition coefficient (Wildman–Crippen LogP) is 16.0. The van der Waals surface area contributed by atoms with Crippen LogP contribution in [0.5, 0.6) is 0 Å². The van der Waals surface area contributed by atoms with E-state index in [1.165, 1.54) is 64.2 Å². The molecule has 0 radical (unpaired) electrons. The van der Waals surface area contributed by atoms with Crippen molar-refractivity contribution in [1.82, 2.24) is 0 Å². The molecule has 2 atom stereocenters. The molecule has 2 unspecified atom stereocenters. The third kappa shape index (κ3) is 51.8. The molecule has 0 aromatic heterocycles. The van der Waals surface area contributed by atoms with Crippen molar-refractivity contribution in [3.05, 3.63) is 122 Å². The molecular weight excluding hydrogens is 870 g/mol. The average Bonchev–Trinajstić information content (AvgIpc) is 3.30. The second-order valence-corrected chi connectivity index (χ2v) is 19.6. The summed E-state index contributed by atoms with van der Waals surface area (Å²) in [6.45, 7) is 4.07. The number of quaternary nitrogens is 1. The standard InChI is InChI=1S/C58H96NO8P/c1-6-8-10-12-14-16-18-20-22-23-24-25-26-27-28-29-30-31-32-33-34-35-37-39-41-43-45-47-49-51-58(61)67-56(55-66-68(62,63)65-53-52-59(3,4)5)54-64-57(60)50-48-46-44-42-40-38-36-21-19-17-15-13-11-9-7-2/h8-11,14-17,20-22,24-25,27-28,36,40,42,46,48,56H,6-7,12-13,18-19,23,26,29-35,37-39,41,43-45,47,49-55H2,1-5H3/p+1/b10-8-,11-9-,16-14-,17-15-,22-20-,25-24-,28-27-,36-21-,42-40-,48-46-. The Morgan fingerprint density at radius 3 is 1.25 bits per heavy atom. The molecule has 0 aromatic rings. The number of unbranched alkanes of at least 4 members (excludes halogenated alkanes) is 13. The van der Waals surface area contributed by atoms with Crippen molar-refractivity contribution in [2.24, 2.45) is 0 Å². The lowest BCUT2D eigenvalue weighted by atomic mass is 10.0. The summed E-state index contributed by atoms with van der Waals surface area (Å²) in [6.07, 6.45) is 68.7. The van der Waals surface area contributed by atoms with E-state index in [2.05, 4.69) is 117 Å². The number of carbonyl (C=O) groups excluding carboxylic acids is 2. The van der Waals surface area contributed by atoms with Crippen LogP contribution in [-0.4, -0.2) is 74.9 Å². The van der Waals surface area contributed by atoms with E-state index in [4.69, 9.17) is 18.5 Å². The molecule has 0 aromatic carbocycles. The molecule has 0 heterocycles. The molecule has 0 saturated carbocycles. The Hall–Kier alpha value is -3.59. The Bertz CT molecular complexity index is 1560. The summed E-state index contributed by atoms with van der Waals surface area (Å²) in [5.41, 5.74) is 0. The lowest BCUT2D eigenvalue weighted by Crippen LogP contribution is -2.37. The highest BCUT2D eigenvalue weighted by atomic mass is 31.2. The van der Waals surface area contributed by atoms with Gasteiger partial charge in [0.05, 0.1) is 34.2 Å². The van der Waals surface area contributed by atoms with Gasteiger partial charge in [-0.15, -0.1) is 0 Å². The second kappa shape index (κ2) is 48.4. The van der Waals surface area contributed by atoms with Gasteiger partial charge in [-0.3, -0.25) is 18.6 Å². The van der Waals surface area contributed by atoms with Gasteiger partial charge in [0, 0.05) is 6.42 Å². The molecule has 0 aliphatic heterocycles. The molecule has 0 aliphatic carbocycles. The minimum atomic E-state index is -4.41. The minimum Gasteiger partial charge on any atom is -0.461 e. The van der Waals surface area contributed by atoms with Gasteiger partial charge in [-0.1, -0.05) is 206 Å². The number of phosphoric ester groups is 1. The van der Waals surface area contributed by atoms with E-state index in [9.17, 15) is 19.0 Å². The van der Waals surface area contributed by atoms with Crippen molar-refractivity contribution in [1.29, 1.82) is 0 Å². The van der Waals surface area contributed by atoms with Gasteiger partial charge < -0.3 is 18.9 Å². The quantitative estimate of drug-likeness (QED) is 0.0211. The molecule has 386 valence electrons. The number of hydrogen-bond donors (Lipinski definition) is 1. The van der Waals surface area contributed by atoms with Crippen LogP contribution in [0.4, 0.5) is 0 Å². The third-order valence-electron chi connectivity index (χ3n) is 10.5. The highest BCUT2D eigenvalue weighted by molar-refractivity contribution is 7.47. The van der Waals surface area contributed by atoms with Crippen molar-refractivity contribution in [3.8, 4) is 0 Å². The topological polar surface area (TPSA) is 108 Å². The molecule has 0 saturated heterocycles. The Kier molecular flexibility index (Phi) is 45.9. The molecule has 0 spiro atoms. The first-order chi connectivity index (χ1) is 33.0. The first kappa shape index (κ1) is 64.4. The van der Waals surface area contributed by atoms with Crippen LogP contribution in [0.1, 0.15) is 181 Å². The fourth-order valence-electron chi connectivity index (χ4n) is 6.53. The smallest absolute Gasteiger partial charge is 0.461 e. The van der Waals surface area contributed by atoms with Crippen LogP contribution in [0.25, 0.3) is 0 Å². The summed E-state index contributed by atoms with van der Waals surface area (Å²) < 4.78 is 34.3. The summed E-state index contributed by atoms with van der Waals surface area (Å²) in [7, 11) is 1.41. The van der Waals surface area contributed by atoms with Crippen LogP contribution in [0.2, 0.25) is 0 Å². The fourth-order valence-corrected chi connectivity index (χ4v) is 7.27. The van der Waals surface area contributed by atoms with Crippen LogP contribution in [0.15, 0.2) is 122 Å². The number of rotatable bonds is 46. The number of allylic oxidation sites excluding steroid dienone is 19. The van der Waals surface area contributed by atoms with E-state index in [1.54, 1.807) is 6.08 Å². The van der Waals surface area contributed by atoms with Gasteiger partial charge in [0.25, 0.3) is 0 Å². The van der Waals surface area contributed by atoms with Crippen LogP contribution in [-0.2, 0) is 32.7 Å². The lowest BCUT2D eigenvalue weighted by molar-refractivity contribution is -0.870. The van der Waals surface area contributed by atoms with Crippen LogP contribution in [0, 0.1) is 0 Å². The van der Waals surface area contributed by atoms with E-state index in [-0.39, 0.29) is 26.1 Å². The Balaban J connectivity index is 4.25. The normalized spacial score (nSPS) is 14.4. The number of esters is 2. The van der Waals surface area contributed by atoms with Crippen molar-refractivity contribution >= 4 is 19.8 Å².